The number of benzene rings is 1. The molecule has 1 aliphatic heterocycles. The first-order valence-electron chi connectivity index (χ1n) is 8.41. The van der Waals surface area contributed by atoms with Crippen LogP contribution < -0.4 is 5.32 Å². The molecule has 1 aromatic rings. The highest BCUT2D eigenvalue weighted by molar-refractivity contribution is 8.01. The Balaban J connectivity index is 1.57. The molecule has 124 valence electrons. The third-order valence-electron chi connectivity index (χ3n) is 4.85. The molecule has 1 amide bonds. The van der Waals surface area contributed by atoms with Crippen molar-refractivity contribution in [3.05, 3.63) is 29.8 Å². The first-order valence-corrected chi connectivity index (χ1v) is 9.29. The Morgan fingerprint density at radius 2 is 1.96 bits per heavy atom. The summed E-state index contributed by atoms with van der Waals surface area (Å²) in [6.07, 6.45) is 7.02. The summed E-state index contributed by atoms with van der Waals surface area (Å²) in [5.41, 5.74) is 1.18. The van der Waals surface area contributed by atoms with E-state index in [1.807, 2.05) is 24.3 Å². The van der Waals surface area contributed by atoms with Gasteiger partial charge in [0.05, 0.1) is 5.25 Å². The quantitative estimate of drug-likeness (QED) is 0.868. The number of aliphatic carboxylic acids is 1. The largest absolute Gasteiger partial charge is 0.480 e. The fourth-order valence-electron chi connectivity index (χ4n) is 3.57. The molecule has 2 atom stereocenters. The second kappa shape index (κ2) is 7.39. The fraction of sp³-hybridized carbons (Fsp3) is 0.556. The molecule has 4 nitrogen and oxygen atoms in total. The van der Waals surface area contributed by atoms with Gasteiger partial charge in [0.1, 0.15) is 6.04 Å². The van der Waals surface area contributed by atoms with Gasteiger partial charge in [-0.15, -0.1) is 11.8 Å². The Labute approximate surface area is 141 Å². The zero-order chi connectivity index (χ0) is 16.2. The maximum absolute atomic E-state index is 12.5. The fourth-order valence-corrected chi connectivity index (χ4v) is 4.78. The van der Waals surface area contributed by atoms with Crippen LogP contribution in [0.2, 0.25) is 0 Å². The number of carbonyl (C=O) groups excluding carboxylic acids is 1. The molecule has 1 aliphatic carbocycles. The molecule has 1 heterocycles. The molecule has 0 radical (unpaired) electrons. The van der Waals surface area contributed by atoms with Gasteiger partial charge in [0.25, 0.3) is 0 Å². The van der Waals surface area contributed by atoms with Crippen molar-refractivity contribution in [2.45, 2.75) is 61.1 Å². The Bertz CT molecular complexity index is 558. The van der Waals surface area contributed by atoms with E-state index in [0.717, 1.165) is 17.7 Å². The first kappa shape index (κ1) is 16.4. The summed E-state index contributed by atoms with van der Waals surface area (Å²) in [4.78, 5) is 25.1. The predicted molar refractivity (Wildman–Crippen MR) is 90.5 cm³/mol. The van der Waals surface area contributed by atoms with Gasteiger partial charge in [-0.3, -0.25) is 4.79 Å². The van der Waals surface area contributed by atoms with Crippen molar-refractivity contribution in [1.29, 1.82) is 0 Å². The highest BCUT2D eigenvalue weighted by Crippen LogP contribution is 2.37. The maximum Gasteiger partial charge on any atom is 0.326 e. The number of hydrogen-bond donors (Lipinski definition) is 2. The Morgan fingerprint density at radius 3 is 2.65 bits per heavy atom. The molecule has 1 fully saturated rings. The number of amides is 1. The van der Waals surface area contributed by atoms with E-state index in [2.05, 4.69) is 5.32 Å². The van der Waals surface area contributed by atoms with Crippen molar-refractivity contribution in [3.8, 4) is 0 Å². The standard InChI is InChI=1S/C18H23NO3S/c20-17(16-11-13-8-4-5-9-15(13)23-16)19-14(18(21)22)10-12-6-2-1-3-7-12/h4-5,8-9,12,14,16H,1-3,6-7,10-11H2,(H,19,20)(H,21,22). The SMILES string of the molecule is O=C(O)C(CC1CCCCC1)NC(=O)C1Cc2ccccc2S1. The van der Waals surface area contributed by atoms with Crippen molar-refractivity contribution < 1.29 is 14.7 Å². The van der Waals surface area contributed by atoms with Gasteiger partial charge in [-0.25, -0.2) is 4.79 Å². The van der Waals surface area contributed by atoms with Crippen LogP contribution in [0.1, 0.15) is 44.1 Å². The third kappa shape index (κ3) is 4.08. The number of fused-ring (bicyclic) bond motifs is 1. The van der Waals surface area contributed by atoms with Crippen LogP contribution in [-0.2, 0) is 16.0 Å². The molecule has 1 aromatic carbocycles. The molecule has 2 unspecified atom stereocenters. The van der Waals surface area contributed by atoms with Crippen LogP contribution in [0.25, 0.3) is 0 Å². The minimum absolute atomic E-state index is 0.144. The number of carboxylic acids is 1. The van der Waals surface area contributed by atoms with Crippen molar-refractivity contribution >= 4 is 23.6 Å². The van der Waals surface area contributed by atoms with Crippen LogP contribution in [0.4, 0.5) is 0 Å². The molecule has 0 saturated heterocycles. The van der Waals surface area contributed by atoms with E-state index >= 15 is 0 Å². The second-order valence-corrected chi connectivity index (χ2v) is 7.80. The zero-order valence-corrected chi connectivity index (χ0v) is 14.0. The Hall–Kier alpha value is -1.49. The van der Waals surface area contributed by atoms with E-state index in [1.54, 1.807) is 0 Å². The normalized spacial score (nSPS) is 22.3. The second-order valence-electron chi connectivity index (χ2n) is 6.56. The van der Waals surface area contributed by atoms with Crippen LogP contribution in [0.5, 0.6) is 0 Å². The van der Waals surface area contributed by atoms with Gasteiger partial charge in [0.2, 0.25) is 5.91 Å². The summed E-state index contributed by atoms with van der Waals surface area (Å²) >= 11 is 1.54. The molecular weight excluding hydrogens is 310 g/mol. The van der Waals surface area contributed by atoms with E-state index in [-0.39, 0.29) is 11.2 Å². The average molecular weight is 333 g/mol. The van der Waals surface area contributed by atoms with Gasteiger partial charge >= 0.3 is 5.97 Å². The minimum Gasteiger partial charge on any atom is -0.480 e. The lowest BCUT2D eigenvalue weighted by Crippen LogP contribution is -2.45. The monoisotopic (exact) mass is 333 g/mol. The van der Waals surface area contributed by atoms with E-state index in [4.69, 9.17) is 0 Å². The molecule has 23 heavy (non-hydrogen) atoms. The van der Waals surface area contributed by atoms with Crippen LogP contribution in [-0.4, -0.2) is 28.3 Å². The van der Waals surface area contributed by atoms with Crippen molar-refractivity contribution in [2.24, 2.45) is 5.92 Å². The summed E-state index contributed by atoms with van der Waals surface area (Å²) in [5.74, 6) is -0.627. The number of hydrogen-bond acceptors (Lipinski definition) is 3. The van der Waals surface area contributed by atoms with Crippen LogP contribution in [0.15, 0.2) is 29.2 Å². The predicted octanol–water partition coefficient (Wildman–Crippen LogP) is 3.24. The Morgan fingerprint density at radius 1 is 1.22 bits per heavy atom. The smallest absolute Gasteiger partial charge is 0.326 e. The van der Waals surface area contributed by atoms with E-state index in [9.17, 15) is 14.7 Å². The topological polar surface area (TPSA) is 66.4 Å². The zero-order valence-electron chi connectivity index (χ0n) is 13.2. The average Bonchev–Trinajstić information content (AvgIpc) is 2.99. The Kier molecular flexibility index (Phi) is 5.26. The molecule has 0 aromatic heterocycles. The molecule has 1 saturated carbocycles. The molecule has 3 rings (SSSR count). The van der Waals surface area contributed by atoms with Crippen molar-refractivity contribution in [1.82, 2.24) is 5.32 Å². The van der Waals surface area contributed by atoms with Crippen molar-refractivity contribution in [2.75, 3.05) is 0 Å². The molecule has 2 aliphatic rings. The van der Waals surface area contributed by atoms with Gasteiger partial charge in [0.15, 0.2) is 0 Å². The number of nitrogens with one attached hydrogen (secondary N) is 1. The maximum atomic E-state index is 12.5. The summed E-state index contributed by atoms with van der Waals surface area (Å²) in [6, 6.07) is 7.24. The van der Waals surface area contributed by atoms with Crippen LogP contribution >= 0.6 is 11.8 Å². The summed E-state index contributed by atoms with van der Waals surface area (Å²) in [5, 5.41) is 12.0. The number of carboxylic acid groups (broad SMARTS) is 1. The molecule has 2 N–H and O–H groups in total. The molecular formula is C18H23NO3S. The van der Waals surface area contributed by atoms with Gasteiger partial charge in [-0.05, 0) is 30.4 Å². The van der Waals surface area contributed by atoms with E-state index < -0.39 is 12.0 Å². The molecule has 0 spiro atoms. The highest BCUT2D eigenvalue weighted by atomic mass is 32.2. The summed E-state index contributed by atoms with van der Waals surface area (Å²) in [7, 11) is 0. The number of rotatable bonds is 5. The van der Waals surface area contributed by atoms with E-state index in [0.29, 0.717) is 18.8 Å². The lowest BCUT2D eigenvalue weighted by Gasteiger charge is -2.25. The molecule has 5 heteroatoms. The molecule has 0 bridgehead atoms. The lowest BCUT2D eigenvalue weighted by molar-refractivity contribution is -0.142. The van der Waals surface area contributed by atoms with Crippen LogP contribution in [0.3, 0.4) is 0 Å². The number of carbonyl (C=O) groups is 2. The van der Waals surface area contributed by atoms with Gasteiger partial charge < -0.3 is 10.4 Å². The highest BCUT2D eigenvalue weighted by Gasteiger charge is 2.32. The van der Waals surface area contributed by atoms with Crippen molar-refractivity contribution in [3.63, 3.8) is 0 Å². The minimum atomic E-state index is -0.913. The van der Waals surface area contributed by atoms with Gasteiger partial charge in [0, 0.05) is 4.90 Å². The van der Waals surface area contributed by atoms with Gasteiger partial charge in [-0.1, -0.05) is 50.3 Å². The summed E-state index contributed by atoms with van der Waals surface area (Å²) < 4.78 is 0. The number of thioether (sulfide) groups is 1. The van der Waals surface area contributed by atoms with E-state index in [1.165, 1.54) is 36.6 Å². The first-order chi connectivity index (χ1) is 11.1. The third-order valence-corrected chi connectivity index (χ3v) is 6.17. The van der Waals surface area contributed by atoms with Gasteiger partial charge in [-0.2, -0.15) is 0 Å². The van der Waals surface area contributed by atoms with Crippen LogP contribution in [0, 0.1) is 5.92 Å². The lowest BCUT2D eigenvalue weighted by atomic mass is 9.85. The summed E-state index contributed by atoms with van der Waals surface area (Å²) in [6.45, 7) is 0.